The van der Waals surface area contributed by atoms with Crippen LogP contribution in [0.3, 0.4) is 0 Å². The van der Waals surface area contributed by atoms with Gasteiger partial charge in [0.25, 0.3) is 0 Å². The molecule has 0 aromatic heterocycles. The van der Waals surface area contributed by atoms with Crippen molar-refractivity contribution in [2.24, 2.45) is 0 Å². The van der Waals surface area contributed by atoms with Crippen molar-refractivity contribution in [1.29, 1.82) is 0 Å². The van der Waals surface area contributed by atoms with Crippen LogP contribution in [0.25, 0.3) is 0 Å². The Kier molecular flexibility index (Phi) is 6.51. The summed E-state index contributed by atoms with van der Waals surface area (Å²) in [5.41, 5.74) is 19.4. The average Bonchev–Trinajstić information content (AvgIpc) is 2.61. The maximum Gasteiger partial charge on any atom is 0.407 e. The van der Waals surface area contributed by atoms with Gasteiger partial charge in [0, 0.05) is 12.2 Å². The van der Waals surface area contributed by atoms with Crippen LogP contribution in [0.4, 0.5) is 21.9 Å². The second kappa shape index (κ2) is 8.82. The summed E-state index contributed by atoms with van der Waals surface area (Å²) in [6, 6.07) is 12.2. The van der Waals surface area contributed by atoms with Crippen molar-refractivity contribution in [3.8, 4) is 5.75 Å². The third-order valence-electron chi connectivity index (χ3n) is 3.88. The van der Waals surface area contributed by atoms with Gasteiger partial charge in [-0.2, -0.15) is 0 Å². The van der Waals surface area contributed by atoms with E-state index in [0.717, 1.165) is 10.5 Å². The van der Waals surface area contributed by atoms with Gasteiger partial charge in [-0.1, -0.05) is 18.2 Å². The van der Waals surface area contributed by atoms with Gasteiger partial charge < -0.3 is 37.1 Å². The lowest BCUT2D eigenvalue weighted by atomic mass is 10.1. The van der Waals surface area contributed by atoms with Crippen LogP contribution in [-0.4, -0.2) is 47.0 Å². The number of benzene rings is 2. The second-order valence-corrected chi connectivity index (χ2v) is 5.94. The van der Waals surface area contributed by atoms with E-state index in [2.05, 4.69) is 0 Å². The predicted octanol–water partition coefficient (Wildman–Crippen LogP) is 1.40. The van der Waals surface area contributed by atoms with E-state index in [1.165, 1.54) is 0 Å². The quantitative estimate of drug-likeness (QED) is 0.447. The van der Waals surface area contributed by atoms with Gasteiger partial charge in [0.15, 0.2) is 0 Å². The van der Waals surface area contributed by atoms with Crippen molar-refractivity contribution in [3.05, 3.63) is 48.0 Å². The van der Waals surface area contributed by atoms with E-state index in [9.17, 15) is 15.0 Å². The zero-order valence-corrected chi connectivity index (χ0v) is 14.3. The smallest absolute Gasteiger partial charge is 0.407 e. The monoisotopic (exact) mass is 360 g/mol. The van der Waals surface area contributed by atoms with Crippen LogP contribution in [0.2, 0.25) is 0 Å². The Morgan fingerprint density at radius 1 is 1.12 bits per heavy atom. The Labute approximate surface area is 151 Å². The van der Waals surface area contributed by atoms with Gasteiger partial charge in [0.2, 0.25) is 0 Å². The normalized spacial score (nSPS) is 11.7. The van der Waals surface area contributed by atoms with Crippen LogP contribution >= 0.6 is 0 Å². The number of carboxylic acid groups (broad SMARTS) is 1. The summed E-state index contributed by atoms with van der Waals surface area (Å²) in [4.78, 5) is 12.5. The maximum absolute atomic E-state index is 11.4. The Balaban J connectivity index is 1.86. The van der Waals surface area contributed by atoms with Crippen molar-refractivity contribution in [3.63, 3.8) is 0 Å². The van der Waals surface area contributed by atoms with E-state index in [1.807, 2.05) is 12.1 Å². The highest BCUT2D eigenvalue weighted by molar-refractivity contribution is 5.70. The molecule has 2 rings (SSSR count). The predicted molar refractivity (Wildman–Crippen MR) is 101 cm³/mol. The van der Waals surface area contributed by atoms with E-state index in [-0.39, 0.29) is 25.4 Å². The molecule has 8 heteroatoms. The van der Waals surface area contributed by atoms with Crippen molar-refractivity contribution in [1.82, 2.24) is 4.90 Å². The summed E-state index contributed by atoms with van der Waals surface area (Å²) in [5.74, 6) is 0.354. The number of para-hydroxylation sites is 1. The molecule has 2 aromatic carbocycles. The fourth-order valence-electron chi connectivity index (χ4n) is 2.39. The molecule has 0 bridgehead atoms. The first kappa shape index (κ1) is 19.2. The molecule has 0 radical (unpaired) electrons. The zero-order chi connectivity index (χ0) is 19.1. The van der Waals surface area contributed by atoms with Crippen LogP contribution < -0.4 is 21.9 Å². The number of anilines is 3. The number of carbonyl (C=O) groups is 1. The summed E-state index contributed by atoms with van der Waals surface area (Å²) in [7, 11) is 0. The van der Waals surface area contributed by atoms with Crippen LogP contribution in [0.5, 0.6) is 5.75 Å². The summed E-state index contributed by atoms with van der Waals surface area (Å²) in [6.07, 6.45) is -1.59. The first-order valence-corrected chi connectivity index (χ1v) is 8.14. The molecule has 0 fully saturated rings. The lowest BCUT2D eigenvalue weighted by molar-refractivity contribution is 0.0658. The standard InChI is InChI=1S/C18H24N4O4/c19-13-6-4-12(5-7-13)8-9-22(18(24)25)10-14(23)11-26-16-3-1-2-15(20)17(16)21/h1-7,14,23H,8-11,19-21H2,(H,24,25)/t14-/m1/s1. The lowest BCUT2D eigenvalue weighted by Crippen LogP contribution is -2.40. The number of amides is 1. The number of aliphatic hydroxyl groups is 1. The van der Waals surface area contributed by atoms with Gasteiger partial charge in [-0.05, 0) is 36.2 Å². The van der Waals surface area contributed by atoms with Crippen molar-refractivity contribution < 1.29 is 19.7 Å². The largest absolute Gasteiger partial charge is 0.489 e. The fourth-order valence-corrected chi connectivity index (χ4v) is 2.39. The van der Waals surface area contributed by atoms with Gasteiger partial charge in [-0.15, -0.1) is 0 Å². The van der Waals surface area contributed by atoms with Crippen molar-refractivity contribution in [2.75, 3.05) is 36.9 Å². The number of ether oxygens (including phenoxy) is 1. The number of nitrogen functional groups attached to an aromatic ring is 3. The molecule has 1 atom stereocenters. The molecule has 0 heterocycles. The van der Waals surface area contributed by atoms with Gasteiger partial charge in [-0.3, -0.25) is 0 Å². The first-order chi connectivity index (χ1) is 12.4. The summed E-state index contributed by atoms with van der Waals surface area (Å²) >= 11 is 0. The number of aliphatic hydroxyl groups excluding tert-OH is 1. The molecule has 0 aliphatic heterocycles. The minimum absolute atomic E-state index is 0.0769. The van der Waals surface area contributed by atoms with E-state index in [1.54, 1.807) is 30.3 Å². The van der Waals surface area contributed by atoms with Gasteiger partial charge in [0.05, 0.1) is 17.9 Å². The van der Waals surface area contributed by atoms with E-state index in [4.69, 9.17) is 21.9 Å². The summed E-state index contributed by atoms with van der Waals surface area (Å²) in [6.45, 7) is 0.0720. The molecule has 0 aliphatic carbocycles. The first-order valence-electron chi connectivity index (χ1n) is 8.14. The SMILES string of the molecule is Nc1ccc(CCN(C[C@@H](O)COc2cccc(N)c2N)C(=O)O)cc1. The molecule has 0 saturated heterocycles. The van der Waals surface area contributed by atoms with Gasteiger partial charge >= 0.3 is 6.09 Å². The number of nitrogens with two attached hydrogens (primary N) is 3. The van der Waals surface area contributed by atoms with Gasteiger partial charge in [-0.25, -0.2) is 4.79 Å². The summed E-state index contributed by atoms with van der Waals surface area (Å²) in [5, 5.41) is 19.4. The Hall–Kier alpha value is -3.13. The molecule has 8 N–H and O–H groups in total. The number of rotatable bonds is 8. The zero-order valence-electron chi connectivity index (χ0n) is 14.3. The van der Waals surface area contributed by atoms with Crippen molar-refractivity contribution in [2.45, 2.75) is 12.5 Å². The van der Waals surface area contributed by atoms with Crippen molar-refractivity contribution >= 4 is 23.2 Å². The maximum atomic E-state index is 11.4. The van der Waals surface area contributed by atoms with E-state index < -0.39 is 12.2 Å². The molecule has 26 heavy (non-hydrogen) atoms. The van der Waals surface area contributed by atoms with Crippen LogP contribution in [0, 0.1) is 0 Å². The van der Waals surface area contributed by atoms with Crippen LogP contribution in [0.1, 0.15) is 5.56 Å². The molecule has 0 unspecified atom stereocenters. The highest BCUT2D eigenvalue weighted by atomic mass is 16.5. The molecule has 140 valence electrons. The lowest BCUT2D eigenvalue weighted by Gasteiger charge is -2.23. The molecule has 8 nitrogen and oxygen atoms in total. The Morgan fingerprint density at radius 3 is 2.46 bits per heavy atom. The summed E-state index contributed by atoms with van der Waals surface area (Å²) < 4.78 is 5.45. The number of hydrogen-bond acceptors (Lipinski definition) is 6. The molecular formula is C18H24N4O4. The number of nitrogens with zero attached hydrogens (tertiary/aromatic N) is 1. The van der Waals surface area contributed by atoms with Crippen LogP contribution in [0.15, 0.2) is 42.5 Å². The molecule has 2 aromatic rings. The molecular weight excluding hydrogens is 336 g/mol. The second-order valence-electron chi connectivity index (χ2n) is 5.94. The highest BCUT2D eigenvalue weighted by Gasteiger charge is 2.17. The van der Waals surface area contributed by atoms with E-state index in [0.29, 0.717) is 23.5 Å². The van der Waals surface area contributed by atoms with Crippen LogP contribution in [-0.2, 0) is 6.42 Å². The van der Waals surface area contributed by atoms with E-state index >= 15 is 0 Å². The minimum atomic E-state index is -1.11. The Morgan fingerprint density at radius 2 is 1.81 bits per heavy atom. The van der Waals surface area contributed by atoms with Gasteiger partial charge in [0.1, 0.15) is 18.5 Å². The highest BCUT2D eigenvalue weighted by Crippen LogP contribution is 2.26. The fraction of sp³-hybridized carbons (Fsp3) is 0.278. The molecule has 0 spiro atoms. The molecule has 0 aliphatic rings. The third-order valence-corrected chi connectivity index (χ3v) is 3.88. The minimum Gasteiger partial charge on any atom is -0.489 e. The molecule has 1 amide bonds. The average molecular weight is 360 g/mol. The topological polar surface area (TPSA) is 148 Å². The third kappa shape index (κ3) is 5.45. The molecule has 0 saturated carbocycles. The Bertz CT molecular complexity index is 736. The number of hydrogen-bond donors (Lipinski definition) is 5.